The van der Waals surface area contributed by atoms with Gasteiger partial charge in [-0.15, -0.1) is 0 Å². The Morgan fingerprint density at radius 3 is 2.78 bits per heavy atom. The first-order chi connectivity index (χ1) is 8.63. The number of urea groups is 1. The smallest absolute Gasteiger partial charge is 0.315 e. The summed E-state index contributed by atoms with van der Waals surface area (Å²) < 4.78 is 5.17. The summed E-state index contributed by atoms with van der Waals surface area (Å²) in [5.74, 6) is 6.57. The molecule has 1 aromatic rings. The van der Waals surface area contributed by atoms with Gasteiger partial charge in [-0.05, 0) is 26.0 Å². The van der Waals surface area contributed by atoms with E-state index in [0.29, 0.717) is 6.54 Å². The molecule has 2 amide bonds. The van der Waals surface area contributed by atoms with E-state index in [-0.39, 0.29) is 12.1 Å². The van der Waals surface area contributed by atoms with E-state index in [1.807, 2.05) is 38.1 Å². The number of para-hydroxylation sites is 1. The molecular weight excluding hydrogens is 228 g/mol. The summed E-state index contributed by atoms with van der Waals surface area (Å²) in [5, 5.41) is 5.38. The number of hydrogen-bond donors (Lipinski definition) is 2. The van der Waals surface area contributed by atoms with Crippen LogP contribution >= 0.6 is 0 Å². The molecule has 4 nitrogen and oxygen atoms in total. The van der Waals surface area contributed by atoms with Crippen molar-refractivity contribution in [1.29, 1.82) is 0 Å². The summed E-state index contributed by atoms with van der Waals surface area (Å²) in [5.41, 5.74) is 0.811. The number of benzene rings is 1. The molecule has 0 fully saturated rings. The monoisotopic (exact) mass is 246 g/mol. The molecule has 4 heteroatoms. The van der Waals surface area contributed by atoms with Gasteiger partial charge < -0.3 is 15.4 Å². The van der Waals surface area contributed by atoms with Crippen LogP contribution in [0.4, 0.5) is 4.79 Å². The number of amides is 2. The fraction of sp³-hybridized carbons (Fsp3) is 0.357. The highest BCUT2D eigenvalue weighted by Crippen LogP contribution is 2.15. The van der Waals surface area contributed by atoms with Gasteiger partial charge in [-0.1, -0.05) is 24.0 Å². The van der Waals surface area contributed by atoms with E-state index < -0.39 is 0 Å². The number of rotatable bonds is 3. The van der Waals surface area contributed by atoms with E-state index in [1.165, 1.54) is 0 Å². The van der Waals surface area contributed by atoms with Crippen LogP contribution in [0.25, 0.3) is 0 Å². The zero-order valence-corrected chi connectivity index (χ0v) is 10.9. The summed E-state index contributed by atoms with van der Waals surface area (Å²) in [7, 11) is 1.61. The summed E-state index contributed by atoms with van der Waals surface area (Å²) in [6.45, 7) is 4.11. The number of nitrogens with one attached hydrogen (secondary N) is 2. The molecular formula is C14H18N2O2. The normalized spacial score (nSPS) is 9.33. The first-order valence-corrected chi connectivity index (χ1v) is 5.79. The molecule has 0 atom stereocenters. The maximum atomic E-state index is 11.3. The molecule has 0 saturated heterocycles. The molecule has 2 N–H and O–H groups in total. The molecule has 0 aromatic heterocycles. The van der Waals surface area contributed by atoms with E-state index in [2.05, 4.69) is 22.5 Å². The lowest BCUT2D eigenvalue weighted by Crippen LogP contribution is -2.39. The Morgan fingerprint density at radius 2 is 2.11 bits per heavy atom. The van der Waals surface area contributed by atoms with Gasteiger partial charge in [0, 0.05) is 6.04 Å². The maximum Gasteiger partial charge on any atom is 0.315 e. The van der Waals surface area contributed by atoms with Crippen molar-refractivity contribution in [3.05, 3.63) is 29.8 Å². The van der Waals surface area contributed by atoms with Crippen LogP contribution in [0.1, 0.15) is 19.4 Å². The minimum absolute atomic E-state index is 0.118. The largest absolute Gasteiger partial charge is 0.495 e. The lowest BCUT2D eigenvalue weighted by atomic mass is 10.2. The van der Waals surface area contributed by atoms with E-state index in [4.69, 9.17) is 4.74 Å². The second kappa shape index (κ2) is 7.23. The van der Waals surface area contributed by atoms with Crippen LogP contribution in [-0.4, -0.2) is 25.7 Å². The fourth-order valence-corrected chi connectivity index (χ4v) is 1.33. The fourth-order valence-electron chi connectivity index (χ4n) is 1.33. The molecule has 0 bridgehead atoms. The van der Waals surface area contributed by atoms with Gasteiger partial charge in [0.25, 0.3) is 0 Å². The molecule has 1 aromatic carbocycles. The zero-order valence-electron chi connectivity index (χ0n) is 10.9. The third-order valence-electron chi connectivity index (χ3n) is 2.09. The Morgan fingerprint density at radius 1 is 1.39 bits per heavy atom. The Labute approximate surface area is 108 Å². The van der Waals surface area contributed by atoms with Crippen molar-refractivity contribution in [2.24, 2.45) is 0 Å². The quantitative estimate of drug-likeness (QED) is 0.798. The molecule has 1 rings (SSSR count). The van der Waals surface area contributed by atoms with Gasteiger partial charge in [0.05, 0.1) is 19.2 Å². The lowest BCUT2D eigenvalue weighted by molar-refractivity contribution is 0.240. The van der Waals surface area contributed by atoms with E-state index >= 15 is 0 Å². The van der Waals surface area contributed by atoms with Gasteiger partial charge in [-0.3, -0.25) is 0 Å². The molecule has 0 heterocycles. The van der Waals surface area contributed by atoms with Crippen LogP contribution in [0.3, 0.4) is 0 Å². The molecule has 0 saturated carbocycles. The Kier molecular flexibility index (Phi) is 5.59. The minimum atomic E-state index is -0.209. The topological polar surface area (TPSA) is 50.4 Å². The van der Waals surface area contributed by atoms with Gasteiger partial charge in [-0.25, -0.2) is 4.79 Å². The number of methoxy groups -OCH3 is 1. The summed E-state index contributed by atoms with van der Waals surface area (Å²) >= 11 is 0. The van der Waals surface area contributed by atoms with Crippen molar-refractivity contribution < 1.29 is 9.53 Å². The van der Waals surface area contributed by atoms with Crippen molar-refractivity contribution in [3.63, 3.8) is 0 Å². The Bertz CT molecular complexity index is 458. The van der Waals surface area contributed by atoms with Crippen LogP contribution in [0.2, 0.25) is 0 Å². The molecule has 0 aliphatic heterocycles. The summed E-state index contributed by atoms with van der Waals surface area (Å²) in [4.78, 5) is 11.3. The number of carbonyl (C=O) groups excluding carboxylic acids is 1. The molecule has 96 valence electrons. The second-order valence-corrected chi connectivity index (χ2v) is 3.98. The van der Waals surface area contributed by atoms with Crippen LogP contribution in [0.5, 0.6) is 5.75 Å². The second-order valence-electron chi connectivity index (χ2n) is 3.98. The third-order valence-corrected chi connectivity index (χ3v) is 2.09. The van der Waals surface area contributed by atoms with Crippen LogP contribution < -0.4 is 15.4 Å². The van der Waals surface area contributed by atoms with Crippen molar-refractivity contribution in [2.45, 2.75) is 19.9 Å². The summed E-state index contributed by atoms with van der Waals surface area (Å²) in [6.07, 6.45) is 0. The van der Waals surface area contributed by atoms with E-state index in [1.54, 1.807) is 7.11 Å². The highest BCUT2D eigenvalue weighted by atomic mass is 16.5. The van der Waals surface area contributed by atoms with Gasteiger partial charge in [0.1, 0.15) is 5.75 Å². The van der Waals surface area contributed by atoms with Crippen LogP contribution in [0, 0.1) is 11.8 Å². The first kappa shape index (κ1) is 13.9. The van der Waals surface area contributed by atoms with Crippen molar-refractivity contribution in [2.75, 3.05) is 13.7 Å². The highest BCUT2D eigenvalue weighted by molar-refractivity contribution is 5.74. The van der Waals surface area contributed by atoms with Gasteiger partial charge in [0.2, 0.25) is 0 Å². The Balaban J connectivity index is 2.49. The van der Waals surface area contributed by atoms with Crippen LogP contribution in [0.15, 0.2) is 24.3 Å². The lowest BCUT2D eigenvalue weighted by Gasteiger charge is -2.07. The van der Waals surface area contributed by atoms with Gasteiger partial charge in [-0.2, -0.15) is 0 Å². The van der Waals surface area contributed by atoms with Crippen molar-refractivity contribution >= 4 is 6.03 Å². The first-order valence-electron chi connectivity index (χ1n) is 5.79. The molecule has 0 aliphatic rings. The Hall–Kier alpha value is -2.15. The van der Waals surface area contributed by atoms with Crippen molar-refractivity contribution in [1.82, 2.24) is 10.6 Å². The predicted octanol–water partition coefficient (Wildman–Crippen LogP) is 1.75. The predicted molar refractivity (Wildman–Crippen MR) is 71.5 cm³/mol. The third kappa shape index (κ3) is 4.79. The van der Waals surface area contributed by atoms with Gasteiger partial charge in [0.15, 0.2) is 0 Å². The molecule has 18 heavy (non-hydrogen) atoms. The number of hydrogen-bond acceptors (Lipinski definition) is 2. The molecule has 0 spiro atoms. The maximum absolute atomic E-state index is 11.3. The molecule has 0 unspecified atom stereocenters. The summed E-state index contributed by atoms with van der Waals surface area (Å²) in [6, 6.07) is 7.42. The molecule has 0 aliphatic carbocycles. The average molecular weight is 246 g/mol. The SMILES string of the molecule is COc1ccccc1C#CCNC(=O)NC(C)C. The van der Waals surface area contributed by atoms with Crippen molar-refractivity contribution in [3.8, 4) is 17.6 Å². The van der Waals surface area contributed by atoms with E-state index in [9.17, 15) is 4.79 Å². The standard InChI is InChI=1S/C14H18N2O2/c1-11(2)16-14(17)15-10-6-8-12-7-4-5-9-13(12)18-3/h4-5,7,9,11H,10H2,1-3H3,(H2,15,16,17). The number of carbonyl (C=O) groups is 1. The molecule has 0 radical (unpaired) electrons. The average Bonchev–Trinajstić information content (AvgIpc) is 2.34. The number of ether oxygens (including phenoxy) is 1. The van der Waals surface area contributed by atoms with Gasteiger partial charge >= 0.3 is 6.03 Å². The zero-order chi connectivity index (χ0) is 13.4. The van der Waals surface area contributed by atoms with Crippen LogP contribution in [-0.2, 0) is 0 Å². The highest BCUT2D eigenvalue weighted by Gasteiger charge is 1.99. The minimum Gasteiger partial charge on any atom is -0.495 e. The van der Waals surface area contributed by atoms with E-state index in [0.717, 1.165) is 11.3 Å².